The highest BCUT2D eigenvalue weighted by Crippen LogP contribution is 2.41. The lowest BCUT2D eigenvalue weighted by Gasteiger charge is -2.17. The van der Waals surface area contributed by atoms with Gasteiger partial charge in [-0.3, -0.25) is 0 Å². The minimum absolute atomic E-state index is 0.388. The molecule has 0 aliphatic carbocycles. The number of hydrogen-bond donors (Lipinski definition) is 0. The van der Waals surface area contributed by atoms with Gasteiger partial charge < -0.3 is 9.13 Å². The first-order valence-corrected chi connectivity index (χ1v) is 22.5. The second-order valence-corrected chi connectivity index (χ2v) is 17.3. The molecule has 0 radical (unpaired) electrons. The van der Waals surface area contributed by atoms with Gasteiger partial charge in [0.15, 0.2) is 17.5 Å². The zero-order chi connectivity index (χ0) is 45.9. The number of nitriles is 2. The maximum Gasteiger partial charge on any atom is 0.166 e. The van der Waals surface area contributed by atoms with Crippen LogP contribution in [0.5, 0.6) is 0 Å². The summed E-state index contributed by atoms with van der Waals surface area (Å²) in [4.78, 5) is 15.9. The summed E-state index contributed by atoms with van der Waals surface area (Å²) in [5.41, 5.74) is 15.5. The second-order valence-electron chi connectivity index (χ2n) is 17.3. The second kappa shape index (κ2) is 16.2. The topological polar surface area (TPSA) is 96.1 Å². The molecular weight excluding hydrogens is 831 g/mol. The van der Waals surface area contributed by atoms with Crippen LogP contribution in [0.2, 0.25) is 0 Å². The molecule has 0 fully saturated rings. The maximum atomic E-state index is 10.5. The summed E-state index contributed by atoms with van der Waals surface area (Å²) in [6, 6.07) is 73.3. The highest BCUT2D eigenvalue weighted by atomic mass is 15.1. The van der Waals surface area contributed by atoms with Gasteiger partial charge in [-0.2, -0.15) is 10.5 Å². The Labute approximate surface area is 392 Å². The van der Waals surface area contributed by atoms with Gasteiger partial charge in [0.25, 0.3) is 0 Å². The van der Waals surface area contributed by atoms with Crippen molar-refractivity contribution < 1.29 is 0 Å². The van der Waals surface area contributed by atoms with Gasteiger partial charge in [0.2, 0.25) is 0 Å². The predicted octanol–water partition coefficient (Wildman–Crippen LogP) is 14.8. The van der Waals surface area contributed by atoms with E-state index in [2.05, 4.69) is 169 Å². The molecule has 318 valence electrons. The van der Waals surface area contributed by atoms with E-state index in [4.69, 9.17) is 15.0 Å². The lowest BCUT2D eigenvalue weighted by molar-refractivity contribution is 1.06. The monoisotopic (exact) mass is 869 g/mol. The number of fused-ring (bicyclic) bond motifs is 6. The zero-order valence-electron chi connectivity index (χ0n) is 37.2. The molecule has 7 nitrogen and oxygen atoms in total. The quantitative estimate of drug-likeness (QED) is 0.159. The first kappa shape index (κ1) is 40.1. The molecule has 3 heterocycles. The summed E-state index contributed by atoms with van der Waals surface area (Å²) in [6.45, 7) is 4.22. The van der Waals surface area contributed by atoms with Crippen molar-refractivity contribution in [3.05, 3.63) is 222 Å². The average molecular weight is 870 g/mol. The van der Waals surface area contributed by atoms with Crippen molar-refractivity contribution in [2.24, 2.45) is 0 Å². The third kappa shape index (κ3) is 6.78. The molecule has 12 rings (SSSR count). The number of nitrogens with zero attached hydrogens (tertiary/aromatic N) is 7. The molecule has 12 aromatic rings. The SMILES string of the molecule is Cc1cccc(-c2ccc3c4ccccc4n(-c4ccc(C#N)cc4-c4nc(-c5ccccc5)nc(-c5cc(C#N)ccc5-n5c6ccccc6c6ccc(-c7cccc(C)c7)cc65)n4)c3c2)c1. The highest BCUT2D eigenvalue weighted by molar-refractivity contribution is 6.12. The minimum Gasteiger partial charge on any atom is -0.308 e. The summed E-state index contributed by atoms with van der Waals surface area (Å²) in [6.07, 6.45) is 0. The fourth-order valence-electron chi connectivity index (χ4n) is 9.76. The van der Waals surface area contributed by atoms with E-state index in [9.17, 15) is 10.5 Å². The van der Waals surface area contributed by atoms with Crippen LogP contribution in [0.4, 0.5) is 0 Å². The van der Waals surface area contributed by atoms with E-state index in [-0.39, 0.29) is 0 Å². The summed E-state index contributed by atoms with van der Waals surface area (Å²) in [7, 11) is 0. The van der Waals surface area contributed by atoms with Crippen LogP contribution in [-0.2, 0) is 0 Å². The number of benzene rings is 9. The van der Waals surface area contributed by atoms with Crippen LogP contribution in [-0.4, -0.2) is 24.1 Å². The van der Waals surface area contributed by atoms with Crippen molar-refractivity contribution in [1.82, 2.24) is 24.1 Å². The van der Waals surface area contributed by atoms with Gasteiger partial charge in [-0.1, -0.05) is 151 Å². The van der Waals surface area contributed by atoms with Gasteiger partial charge in [-0.25, -0.2) is 15.0 Å². The molecule has 9 aromatic carbocycles. The van der Waals surface area contributed by atoms with Crippen LogP contribution in [0, 0.1) is 36.5 Å². The van der Waals surface area contributed by atoms with Crippen LogP contribution in [0.15, 0.2) is 200 Å². The van der Waals surface area contributed by atoms with Gasteiger partial charge in [0, 0.05) is 38.2 Å². The Hall–Kier alpha value is -9.43. The van der Waals surface area contributed by atoms with Crippen molar-refractivity contribution in [2.75, 3.05) is 0 Å². The molecule has 0 aliphatic rings. The largest absolute Gasteiger partial charge is 0.308 e. The molecule has 0 N–H and O–H groups in total. The van der Waals surface area contributed by atoms with Crippen molar-refractivity contribution in [3.8, 4) is 79.9 Å². The third-order valence-electron chi connectivity index (χ3n) is 12.9. The fraction of sp³-hybridized carbons (Fsp3) is 0.0328. The lowest BCUT2D eigenvalue weighted by atomic mass is 10.0. The third-order valence-corrected chi connectivity index (χ3v) is 12.9. The Morgan fingerprint density at radius 2 is 0.750 bits per heavy atom. The van der Waals surface area contributed by atoms with Crippen molar-refractivity contribution in [3.63, 3.8) is 0 Å². The average Bonchev–Trinajstić information content (AvgIpc) is 3.90. The molecule has 0 saturated heterocycles. The van der Waals surface area contributed by atoms with E-state index in [1.807, 2.05) is 66.7 Å². The molecule has 68 heavy (non-hydrogen) atoms. The standard InChI is InChI=1S/C61H39N7/c1-38-12-10-16-43(30-38)45-24-26-49-47-18-6-8-20-53(47)67(57(49)34-45)55-28-22-40(36-62)32-51(55)60-64-59(42-14-4-3-5-15-42)65-61(66-60)52-33-41(37-63)23-29-56(52)68-54-21-9-7-19-48(54)50-27-25-46(35-58(50)68)44-17-11-13-39(2)31-44/h3-35H,1-2H3. The van der Waals surface area contributed by atoms with Gasteiger partial charge >= 0.3 is 0 Å². The van der Waals surface area contributed by atoms with Crippen LogP contribution in [0.3, 0.4) is 0 Å². The molecule has 3 aromatic heterocycles. The summed E-state index contributed by atoms with van der Waals surface area (Å²) in [5.74, 6) is 1.23. The Morgan fingerprint density at radius 3 is 1.22 bits per heavy atom. The van der Waals surface area contributed by atoms with Crippen LogP contribution in [0.1, 0.15) is 22.3 Å². The van der Waals surface area contributed by atoms with Gasteiger partial charge in [0.05, 0.1) is 56.7 Å². The van der Waals surface area contributed by atoms with Crippen molar-refractivity contribution in [2.45, 2.75) is 13.8 Å². The number of para-hydroxylation sites is 2. The maximum absolute atomic E-state index is 10.5. The van der Waals surface area contributed by atoms with Crippen molar-refractivity contribution >= 4 is 43.6 Å². The molecule has 0 unspecified atom stereocenters. The Bertz CT molecular complexity index is 3840. The molecular formula is C61H39N7. The Morgan fingerprint density at radius 1 is 0.338 bits per heavy atom. The molecule has 7 heteroatoms. The van der Waals surface area contributed by atoms with E-state index < -0.39 is 0 Å². The van der Waals surface area contributed by atoms with E-state index in [1.165, 1.54) is 11.1 Å². The molecule has 0 aliphatic heterocycles. The zero-order valence-corrected chi connectivity index (χ0v) is 37.2. The van der Waals surface area contributed by atoms with Gasteiger partial charge in [-0.15, -0.1) is 0 Å². The number of aromatic nitrogens is 5. The van der Waals surface area contributed by atoms with E-state index in [0.717, 1.165) is 82.8 Å². The minimum atomic E-state index is 0.388. The smallest absolute Gasteiger partial charge is 0.166 e. The first-order valence-electron chi connectivity index (χ1n) is 22.5. The number of hydrogen-bond acceptors (Lipinski definition) is 5. The Kier molecular flexibility index (Phi) is 9.57. The number of aryl methyl sites for hydroxylation is 2. The molecule has 0 saturated carbocycles. The van der Waals surface area contributed by atoms with Crippen LogP contribution < -0.4 is 0 Å². The summed E-state index contributed by atoms with van der Waals surface area (Å²) < 4.78 is 4.52. The Balaban J connectivity index is 1.14. The number of rotatable bonds is 7. The van der Waals surface area contributed by atoms with E-state index in [1.54, 1.807) is 0 Å². The first-order chi connectivity index (χ1) is 33.4. The fourth-order valence-corrected chi connectivity index (χ4v) is 9.76. The van der Waals surface area contributed by atoms with Crippen LogP contribution >= 0.6 is 0 Å². The molecule has 0 spiro atoms. The molecule has 0 amide bonds. The normalized spacial score (nSPS) is 11.4. The van der Waals surface area contributed by atoms with Crippen molar-refractivity contribution in [1.29, 1.82) is 10.5 Å². The summed E-state index contributed by atoms with van der Waals surface area (Å²) >= 11 is 0. The summed E-state index contributed by atoms with van der Waals surface area (Å²) in [5, 5.41) is 25.3. The molecule has 0 atom stereocenters. The predicted molar refractivity (Wildman–Crippen MR) is 275 cm³/mol. The lowest BCUT2D eigenvalue weighted by Crippen LogP contribution is -2.06. The van der Waals surface area contributed by atoms with Crippen LogP contribution in [0.25, 0.3) is 111 Å². The molecule has 0 bridgehead atoms. The van der Waals surface area contributed by atoms with Gasteiger partial charge in [-0.05, 0) is 96.8 Å². The van der Waals surface area contributed by atoms with E-state index >= 15 is 0 Å². The van der Waals surface area contributed by atoms with E-state index in [0.29, 0.717) is 39.7 Å². The van der Waals surface area contributed by atoms with Gasteiger partial charge in [0.1, 0.15) is 0 Å². The highest BCUT2D eigenvalue weighted by Gasteiger charge is 2.23.